The number of para-hydroxylation sites is 4. The Morgan fingerprint density at radius 1 is 0.250 bits per heavy atom. The average Bonchev–Trinajstić information content (AvgIpc) is 0.695. The molecule has 5 aliphatic rings. The van der Waals surface area contributed by atoms with Gasteiger partial charge < -0.3 is 25.6 Å². The quantitative estimate of drug-likeness (QED) is 0.132. The maximum Gasteiger partial charge on any atom is 0.329 e. The zero-order valence-electron chi connectivity index (χ0n) is 57.0. The van der Waals surface area contributed by atoms with Crippen LogP contribution in [0.4, 0.5) is 45.5 Å². The van der Waals surface area contributed by atoms with E-state index in [9.17, 15) is 0 Å². The highest BCUT2D eigenvalue weighted by atomic mass is 15.1. The Balaban J connectivity index is 0.000000132. The van der Waals surface area contributed by atoms with E-state index in [1.54, 1.807) is 0 Å². The minimum Gasteiger partial charge on any atom is -0.376 e. The lowest BCUT2D eigenvalue weighted by Gasteiger charge is -2.46. The van der Waals surface area contributed by atoms with Crippen molar-refractivity contribution in [3.8, 4) is 89.0 Å². The van der Waals surface area contributed by atoms with Gasteiger partial charge in [-0.3, -0.25) is 0 Å². The van der Waals surface area contributed by atoms with E-state index >= 15 is 0 Å². The SMILES string of the molecule is CC1(C)CCCC(C)(C)N1.c1ccc(-c2ccccc2Nc2cc(-c3ccccc3)c(Nc3ccccc3-c3ccccc3)cc2-c2ccccc2)cc1.c1ccc2c(c1)B1c3ccccc3-c3cc4c(cc3N1c1ccccc1-2)-c1ccccc1B1c2ccccc2-c2ccccc2N14. The first-order valence-corrected chi connectivity index (χ1v) is 35.3. The van der Waals surface area contributed by atoms with Crippen molar-refractivity contribution in [3.63, 3.8) is 0 Å². The standard InChI is InChI=1S/C42H26B2N2.C42H32N2.C9H19N/c1-7-19-35-27(13-1)31-17-5-11-23-39(31)45-41-25-34-30-16-4-10-22-38(30)44-36-20-8-2-14-28(36)32-18-6-12-24-40(32)46(44)42(34)26-33(41)29-15-3-9-21-37(29)43(35)45;1-5-17-31(18-6-1)35-25-13-15-27-39(35)43-41-29-38(34-23-11-4-12-24-34)42(30-37(41)33-21-9-3-10-22-33)44-40-28-16-14-26-36(40)32-19-7-2-8-20-32;1-8(2)6-5-7-9(3,4)10-8/h1-26H;1-30,43-44H;10H,5-7H2,1-4H3. The number of anilines is 8. The summed E-state index contributed by atoms with van der Waals surface area (Å²) in [5.74, 6) is 0. The van der Waals surface area contributed by atoms with Crippen LogP contribution in [0.2, 0.25) is 0 Å². The fourth-order valence-corrected chi connectivity index (χ4v) is 16.6. The highest BCUT2D eigenvalue weighted by Gasteiger charge is 2.46. The molecule has 5 heterocycles. The van der Waals surface area contributed by atoms with Gasteiger partial charge in [0.25, 0.3) is 0 Å². The lowest BCUT2D eigenvalue weighted by atomic mass is 9.42. The van der Waals surface area contributed by atoms with E-state index < -0.39 is 0 Å². The van der Waals surface area contributed by atoms with Gasteiger partial charge in [0.1, 0.15) is 0 Å². The molecular formula is C93H77B2N5. The molecule has 0 aliphatic carbocycles. The summed E-state index contributed by atoms with van der Waals surface area (Å²) in [6.45, 7) is 9.34. The van der Waals surface area contributed by atoms with Gasteiger partial charge in [-0.2, -0.15) is 0 Å². The zero-order chi connectivity index (χ0) is 67.3. The molecule has 14 aromatic rings. The molecule has 14 aromatic carbocycles. The molecule has 7 heteroatoms. The fourth-order valence-electron chi connectivity index (χ4n) is 16.6. The van der Waals surface area contributed by atoms with Gasteiger partial charge in [-0.15, -0.1) is 0 Å². The monoisotopic (exact) mass is 1290 g/mol. The van der Waals surface area contributed by atoms with E-state index in [0.29, 0.717) is 11.1 Å². The molecule has 0 spiro atoms. The van der Waals surface area contributed by atoms with Gasteiger partial charge in [0, 0.05) is 101 Å². The summed E-state index contributed by atoms with van der Waals surface area (Å²) >= 11 is 0. The Labute approximate surface area is 589 Å². The predicted molar refractivity (Wildman–Crippen MR) is 428 cm³/mol. The highest BCUT2D eigenvalue weighted by molar-refractivity contribution is 6.93. The van der Waals surface area contributed by atoms with Gasteiger partial charge in [-0.1, -0.05) is 291 Å². The van der Waals surface area contributed by atoms with E-state index in [4.69, 9.17) is 0 Å². The van der Waals surface area contributed by atoms with E-state index in [1.165, 1.54) is 119 Å². The molecule has 0 saturated carbocycles. The first-order chi connectivity index (χ1) is 49.1. The van der Waals surface area contributed by atoms with Crippen LogP contribution < -0.4 is 47.4 Å². The van der Waals surface area contributed by atoms with Crippen LogP contribution in [0, 0.1) is 0 Å². The van der Waals surface area contributed by atoms with Crippen LogP contribution in [0.5, 0.6) is 0 Å². The number of hydrogen-bond acceptors (Lipinski definition) is 5. The molecule has 19 rings (SSSR count). The summed E-state index contributed by atoms with van der Waals surface area (Å²) in [5, 5.41) is 11.3. The normalized spacial score (nSPS) is 14.1. The van der Waals surface area contributed by atoms with Gasteiger partial charge >= 0.3 is 13.7 Å². The Morgan fingerprint density at radius 2 is 0.520 bits per heavy atom. The number of nitrogens with zero attached hydrogens (tertiary/aromatic N) is 2. The molecular weight excluding hydrogens is 1210 g/mol. The molecule has 1 saturated heterocycles. The first kappa shape index (κ1) is 61.9. The first-order valence-electron chi connectivity index (χ1n) is 35.3. The van der Waals surface area contributed by atoms with E-state index in [1.807, 2.05) is 0 Å². The molecule has 0 radical (unpaired) electrons. The minimum atomic E-state index is 0.0991. The second-order valence-corrected chi connectivity index (χ2v) is 28.3. The van der Waals surface area contributed by atoms with Gasteiger partial charge in [0.15, 0.2) is 0 Å². The third kappa shape index (κ3) is 11.5. The molecule has 5 nitrogen and oxygen atoms in total. The van der Waals surface area contributed by atoms with E-state index in [2.05, 4.69) is 393 Å². The Hall–Kier alpha value is -11.6. The summed E-state index contributed by atoms with van der Waals surface area (Å²) in [4.78, 5) is 5.23. The second-order valence-electron chi connectivity index (χ2n) is 28.3. The maximum atomic E-state index is 3.85. The molecule has 5 aliphatic heterocycles. The Morgan fingerprint density at radius 3 is 0.850 bits per heavy atom. The third-order valence-corrected chi connectivity index (χ3v) is 20.8. The van der Waals surface area contributed by atoms with Crippen molar-refractivity contribution >= 4 is 81.0 Å². The topological polar surface area (TPSA) is 42.6 Å². The van der Waals surface area contributed by atoms with Gasteiger partial charge in [-0.25, -0.2) is 0 Å². The molecule has 1 fully saturated rings. The number of rotatable bonds is 8. The molecule has 0 aromatic heterocycles. The van der Waals surface area contributed by atoms with E-state index in [-0.39, 0.29) is 13.7 Å². The van der Waals surface area contributed by atoms with Crippen molar-refractivity contribution in [2.24, 2.45) is 0 Å². The van der Waals surface area contributed by atoms with Crippen LogP contribution in [0.1, 0.15) is 47.0 Å². The molecule has 100 heavy (non-hydrogen) atoms. The third-order valence-electron chi connectivity index (χ3n) is 20.8. The smallest absolute Gasteiger partial charge is 0.329 e. The van der Waals surface area contributed by atoms with Gasteiger partial charge in [-0.05, 0) is 162 Å². The van der Waals surface area contributed by atoms with Crippen molar-refractivity contribution < 1.29 is 0 Å². The minimum absolute atomic E-state index is 0.0991. The number of piperidine rings is 1. The van der Waals surface area contributed by atoms with Crippen molar-refractivity contribution in [2.75, 3.05) is 20.3 Å². The van der Waals surface area contributed by atoms with Crippen LogP contribution in [-0.2, 0) is 0 Å². The predicted octanol–water partition coefficient (Wildman–Crippen LogP) is 21.7. The number of nitrogens with one attached hydrogen (secondary N) is 3. The van der Waals surface area contributed by atoms with Crippen LogP contribution >= 0.6 is 0 Å². The van der Waals surface area contributed by atoms with Crippen molar-refractivity contribution in [2.45, 2.75) is 58.0 Å². The summed E-state index contributed by atoms with van der Waals surface area (Å²) < 4.78 is 0. The van der Waals surface area contributed by atoms with Crippen LogP contribution in [0.3, 0.4) is 0 Å². The van der Waals surface area contributed by atoms with Crippen molar-refractivity contribution in [1.82, 2.24) is 5.32 Å². The zero-order valence-corrected chi connectivity index (χ0v) is 57.0. The largest absolute Gasteiger partial charge is 0.376 e. The lowest BCUT2D eigenvalue weighted by Crippen LogP contribution is -2.60. The summed E-state index contributed by atoms with van der Waals surface area (Å²) in [7, 11) is 0. The highest BCUT2D eigenvalue weighted by Crippen LogP contribution is 2.53. The van der Waals surface area contributed by atoms with Gasteiger partial charge in [0.2, 0.25) is 0 Å². The van der Waals surface area contributed by atoms with Crippen LogP contribution in [0.15, 0.2) is 340 Å². The number of hydrogen-bond donors (Lipinski definition) is 3. The summed E-state index contributed by atoms with van der Waals surface area (Å²) in [6, 6.07) is 123. The molecule has 0 atom stereocenters. The second kappa shape index (κ2) is 26.0. The number of fused-ring (bicyclic) bond motifs is 22. The Kier molecular flexibility index (Phi) is 16.1. The molecule has 0 bridgehead atoms. The fraction of sp³-hybridized carbons (Fsp3) is 0.0968. The maximum absolute atomic E-state index is 3.85. The summed E-state index contributed by atoms with van der Waals surface area (Å²) in [6.07, 6.45) is 4.00. The van der Waals surface area contributed by atoms with Crippen molar-refractivity contribution in [3.05, 3.63) is 340 Å². The van der Waals surface area contributed by atoms with E-state index in [0.717, 1.165) is 56.1 Å². The number of benzene rings is 14. The molecule has 0 amide bonds. The Bertz CT molecular complexity index is 5030. The van der Waals surface area contributed by atoms with Crippen LogP contribution in [0.25, 0.3) is 89.0 Å². The lowest BCUT2D eigenvalue weighted by molar-refractivity contribution is 0.183. The van der Waals surface area contributed by atoms with Gasteiger partial charge in [0.05, 0.1) is 0 Å². The summed E-state index contributed by atoms with van der Waals surface area (Å²) in [5.41, 5.74) is 35.1. The molecule has 3 N–H and O–H groups in total. The van der Waals surface area contributed by atoms with Crippen molar-refractivity contribution in [1.29, 1.82) is 0 Å². The van der Waals surface area contributed by atoms with Crippen LogP contribution in [-0.4, -0.2) is 24.8 Å². The average molecular weight is 1290 g/mol. The molecule has 480 valence electrons. The molecule has 0 unspecified atom stereocenters.